The lowest BCUT2D eigenvalue weighted by Crippen LogP contribution is -2.25. The van der Waals surface area contributed by atoms with Gasteiger partial charge in [-0.05, 0) is 53.4 Å². The Kier molecular flexibility index (Phi) is 6.95. The number of halogens is 2. The molecule has 3 rings (SSSR count). The van der Waals surface area contributed by atoms with Crippen LogP contribution < -0.4 is 5.56 Å². The number of rotatable bonds is 7. The molecule has 0 spiro atoms. The monoisotopic (exact) mass is 457 g/mol. The van der Waals surface area contributed by atoms with Crippen molar-refractivity contribution in [3.8, 4) is 0 Å². The van der Waals surface area contributed by atoms with Gasteiger partial charge in [0.05, 0.1) is 12.1 Å². The van der Waals surface area contributed by atoms with Gasteiger partial charge in [-0.15, -0.1) is 0 Å². The first kappa shape index (κ1) is 22.3. The molecule has 31 heavy (non-hydrogen) atoms. The zero-order chi connectivity index (χ0) is 22.5. The first-order chi connectivity index (χ1) is 14.7. The second-order valence-electron chi connectivity index (χ2n) is 6.83. The van der Waals surface area contributed by atoms with Crippen molar-refractivity contribution in [1.82, 2.24) is 4.57 Å². The Labute approximate surface area is 187 Å². The van der Waals surface area contributed by atoms with E-state index >= 15 is 0 Å². The number of aliphatic hydroxyl groups excluding tert-OH is 1. The van der Waals surface area contributed by atoms with E-state index < -0.39 is 23.1 Å². The van der Waals surface area contributed by atoms with Crippen LogP contribution in [0.4, 0.5) is 0 Å². The molecule has 0 atom stereocenters. The number of carboxylic acids is 1. The first-order valence-electron chi connectivity index (χ1n) is 9.13. The standard InChI is InChI=1S/C23H17Cl2NO5/c24-17-5-1-3-14(8-17)7-16-10-19(20(27)11-21(28)23(30)31)22(29)26(13-16)12-15-4-2-6-18(25)9-15/h1-6,8-11,13,27H,7,12H2,(H,30,31)/b20-11-. The number of aliphatic carboxylic acids is 1. The van der Waals surface area contributed by atoms with Crippen molar-refractivity contribution >= 4 is 40.7 Å². The summed E-state index contributed by atoms with van der Waals surface area (Å²) in [6.07, 6.45) is 2.55. The second-order valence-corrected chi connectivity index (χ2v) is 7.70. The number of hydrogen-bond donors (Lipinski definition) is 2. The van der Waals surface area contributed by atoms with Gasteiger partial charge < -0.3 is 14.8 Å². The highest BCUT2D eigenvalue weighted by Gasteiger charge is 2.16. The molecule has 0 aliphatic carbocycles. The molecule has 3 aromatic rings. The van der Waals surface area contributed by atoms with E-state index in [1.807, 2.05) is 6.07 Å². The van der Waals surface area contributed by atoms with Crippen molar-refractivity contribution in [2.24, 2.45) is 0 Å². The number of carbonyl (C=O) groups is 2. The van der Waals surface area contributed by atoms with Gasteiger partial charge >= 0.3 is 5.97 Å². The molecule has 1 heterocycles. The van der Waals surface area contributed by atoms with E-state index in [1.165, 1.54) is 10.6 Å². The summed E-state index contributed by atoms with van der Waals surface area (Å²) in [5, 5.41) is 20.2. The number of nitrogens with zero attached hydrogens (tertiary/aromatic N) is 1. The zero-order valence-electron chi connectivity index (χ0n) is 16.1. The summed E-state index contributed by atoms with van der Waals surface area (Å²) in [5.74, 6) is -3.79. The molecule has 0 bridgehead atoms. The smallest absolute Gasteiger partial charge is 0.376 e. The van der Waals surface area contributed by atoms with E-state index in [0.717, 1.165) is 11.1 Å². The lowest BCUT2D eigenvalue weighted by molar-refractivity contribution is -0.146. The number of aliphatic hydroxyl groups is 1. The Hall–Kier alpha value is -3.35. The van der Waals surface area contributed by atoms with Crippen LogP contribution in [0.1, 0.15) is 22.3 Å². The topological polar surface area (TPSA) is 96.6 Å². The molecule has 0 fully saturated rings. The van der Waals surface area contributed by atoms with Crippen LogP contribution in [0, 0.1) is 0 Å². The summed E-state index contributed by atoms with van der Waals surface area (Å²) in [6.45, 7) is 0.163. The third-order valence-electron chi connectivity index (χ3n) is 4.44. The minimum atomic E-state index is -1.74. The van der Waals surface area contributed by atoms with Crippen LogP contribution in [0.3, 0.4) is 0 Å². The maximum Gasteiger partial charge on any atom is 0.376 e. The minimum absolute atomic E-state index is 0.163. The van der Waals surface area contributed by atoms with Crippen molar-refractivity contribution in [3.63, 3.8) is 0 Å². The molecule has 8 heteroatoms. The molecule has 1 aromatic heterocycles. The molecular formula is C23H17Cl2NO5. The fraction of sp³-hybridized carbons (Fsp3) is 0.0870. The van der Waals surface area contributed by atoms with Crippen LogP contribution in [0.25, 0.3) is 5.76 Å². The van der Waals surface area contributed by atoms with Gasteiger partial charge in [-0.3, -0.25) is 9.59 Å². The molecule has 0 saturated heterocycles. The lowest BCUT2D eigenvalue weighted by Gasteiger charge is -2.12. The molecule has 0 radical (unpaired) electrons. The van der Waals surface area contributed by atoms with E-state index in [2.05, 4.69) is 0 Å². The van der Waals surface area contributed by atoms with Crippen molar-refractivity contribution < 1.29 is 19.8 Å². The highest BCUT2D eigenvalue weighted by molar-refractivity contribution is 6.38. The van der Waals surface area contributed by atoms with Gasteiger partial charge in [0.15, 0.2) is 0 Å². The maximum absolute atomic E-state index is 13.0. The summed E-state index contributed by atoms with van der Waals surface area (Å²) in [6, 6.07) is 15.6. The highest BCUT2D eigenvalue weighted by Crippen LogP contribution is 2.18. The lowest BCUT2D eigenvalue weighted by atomic mass is 10.0. The summed E-state index contributed by atoms with van der Waals surface area (Å²) in [4.78, 5) is 35.3. The van der Waals surface area contributed by atoms with Gasteiger partial charge in [-0.1, -0.05) is 47.5 Å². The number of benzene rings is 2. The summed E-state index contributed by atoms with van der Waals surface area (Å²) < 4.78 is 1.37. The fourth-order valence-electron chi connectivity index (χ4n) is 3.07. The van der Waals surface area contributed by atoms with E-state index in [4.69, 9.17) is 28.3 Å². The van der Waals surface area contributed by atoms with Gasteiger partial charge in [0.25, 0.3) is 11.3 Å². The van der Waals surface area contributed by atoms with E-state index in [-0.39, 0.29) is 12.1 Å². The van der Waals surface area contributed by atoms with Crippen LogP contribution in [0.15, 0.2) is 71.7 Å². The Morgan fingerprint density at radius 2 is 1.52 bits per heavy atom. The Bertz CT molecular complexity index is 1250. The summed E-state index contributed by atoms with van der Waals surface area (Å²) in [5.41, 5.74) is 1.52. The number of aromatic nitrogens is 1. The van der Waals surface area contributed by atoms with Crippen molar-refractivity contribution in [2.75, 3.05) is 0 Å². The summed E-state index contributed by atoms with van der Waals surface area (Å²) in [7, 11) is 0. The number of carbonyl (C=O) groups excluding carboxylic acids is 1. The van der Waals surface area contributed by atoms with Crippen LogP contribution in [0.2, 0.25) is 10.0 Å². The van der Waals surface area contributed by atoms with E-state index in [0.29, 0.717) is 28.1 Å². The molecule has 2 aromatic carbocycles. The van der Waals surface area contributed by atoms with Crippen LogP contribution in [0.5, 0.6) is 0 Å². The highest BCUT2D eigenvalue weighted by atomic mass is 35.5. The van der Waals surface area contributed by atoms with Crippen molar-refractivity contribution in [2.45, 2.75) is 13.0 Å². The summed E-state index contributed by atoms with van der Waals surface area (Å²) >= 11 is 12.1. The third kappa shape index (κ3) is 5.84. The van der Waals surface area contributed by atoms with Crippen molar-refractivity contribution in [1.29, 1.82) is 0 Å². The SMILES string of the molecule is O=C(O)C(=O)/C=C(\O)c1cc(Cc2cccc(Cl)c2)cn(Cc2cccc(Cl)c2)c1=O. The van der Waals surface area contributed by atoms with Gasteiger partial charge in [0.1, 0.15) is 5.76 Å². The van der Waals surface area contributed by atoms with Gasteiger partial charge in [0, 0.05) is 22.3 Å². The number of hydrogen-bond acceptors (Lipinski definition) is 4. The van der Waals surface area contributed by atoms with Gasteiger partial charge in [-0.25, -0.2) is 4.79 Å². The maximum atomic E-state index is 13.0. The Balaban J connectivity index is 2.09. The van der Waals surface area contributed by atoms with Gasteiger partial charge in [0.2, 0.25) is 0 Å². The Morgan fingerprint density at radius 1 is 0.903 bits per heavy atom. The molecule has 0 amide bonds. The van der Waals surface area contributed by atoms with Crippen LogP contribution in [-0.2, 0) is 22.6 Å². The molecule has 0 saturated carbocycles. The number of carboxylic acid groups (broad SMARTS) is 1. The van der Waals surface area contributed by atoms with Crippen molar-refractivity contribution in [3.05, 3.63) is 110 Å². The quantitative estimate of drug-likeness (QED) is 0.312. The zero-order valence-corrected chi connectivity index (χ0v) is 17.6. The molecular weight excluding hydrogens is 441 g/mol. The molecule has 0 aliphatic heterocycles. The predicted octanol–water partition coefficient (Wildman–Crippen LogP) is 4.35. The van der Waals surface area contributed by atoms with Crippen LogP contribution in [-0.4, -0.2) is 26.5 Å². The first-order valence-corrected chi connectivity index (χ1v) is 9.89. The average molecular weight is 458 g/mol. The normalized spacial score (nSPS) is 11.4. The van der Waals surface area contributed by atoms with Gasteiger partial charge in [-0.2, -0.15) is 0 Å². The van der Waals surface area contributed by atoms with E-state index in [1.54, 1.807) is 48.7 Å². The van der Waals surface area contributed by atoms with E-state index in [9.17, 15) is 19.5 Å². The van der Waals surface area contributed by atoms with Crippen LogP contribution >= 0.6 is 23.2 Å². The predicted molar refractivity (Wildman–Crippen MR) is 119 cm³/mol. The second kappa shape index (κ2) is 9.64. The number of ketones is 1. The fourth-order valence-corrected chi connectivity index (χ4v) is 3.50. The third-order valence-corrected chi connectivity index (χ3v) is 4.91. The number of pyridine rings is 1. The molecule has 0 aliphatic rings. The molecule has 2 N–H and O–H groups in total. The molecule has 0 unspecified atom stereocenters. The molecule has 6 nitrogen and oxygen atoms in total. The molecule has 158 valence electrons. The largest absolute Gasteiger partial charge is 0.507 e. The minimum Gasteiger partial charge on any atom is -0.507 e. The Morgan fingerprint density at radius 3 is 2.13 bits per heavy atom. The average Bonchev–Trinajstić information content (AvgIpc) is 2.70.